The van der Waals surface area contributed by atoms with Crippen LogP contribution in [0.2, 0.25) is 0 Å². The van der Waals surface area contributed by atoms with Crippen molar-refractivity contribution >= 4 is 22.8 Å². The van der Waals surface area contributed by atoms with Crippen LogP contribution in [0.5, 0.6) is 0 Å². The highest BCUT2D eigenvalue weighted by Crippen LogP contribution is 2.53. The van der Waals surface area contributed by atoms with Crippen molar-refractivity contribution < 1.29 is 4.79 Å². The molecule has 2 aliphatic carbocycles. The molecule has 200 valence electrons. The molecule has 41 heavy (non-hydrogen) atoms. The smallest absolute Gasteiger partial charge is 0.193 e. The average molecular weight is 532 g/mol. The Balaban J connectivity index is 1.17. The first-order chi connectivity index (χ1) is 20.0. The lowest BCUT2D eigenvalue weighted by Crippen LogP contribution is -2.31. The van der Waals surface area contributed by atoms with Gasteiger partial charge in [0.1, 0.15) is 0 Å². The summed E-state index contributed by atoms with van der Waals surface area (Å²) in [5.74, 6) is 1.07. The number of hydrogen-bond donors (Lipinski definition) is 0. The number of fused-ring (bicyclic) bond motifs is 8. The standard InChI is InChI=1S/C39H33NO/c1-39(2)34-12-6-8-14-36(34)40(37-15-9-7-13-35(37)39)31-19-18-27-21-29-22-30(33(27)24-31)20-26-16-17-28(23-32(26)29)38(41)25-10-4-3-5-11-25/h3-19,23-24,29-30H,20-22H2,1-2H3. The minimum atomic E-state index is -0.0566. The summed E-state index contributed by atoms with van der Waals surface area (Å²) in [5.41, 5.74) is 13.8. The van der Waals surface area contributed by atoms with Gasteiger partial charge in [-0.15, -0.1) is 0 Å². The number of nitrogens with zero attached hydrogens (tertiary/aromatic N) is 1. The first-order valence-corrected chi connectivity index (χ1v) is 14.8. The van der Waals surface area contributed by atoms with Crippen molar-refractivity contribution in [3.05, 3.63) is 160 Å². The second kappa shape index (κ2) is 9.04. The first-order valence-electron chi connectivity index (χ1n) is 14.8. The summed E-state index contributed by atoms with van der Waals surface area (Å²) in [6.07, 6.45) is 3.21. The van der Waals surface area contributed by atoms with Crippen LogP contribution in [0.3, 0.4) is 0 Å². The number of para-hydroxylation sites is 2. The zero-order valence-electron chi connectivity index (χ0n) is 23.6. The Morgan fingerprint density at radius 2 is 1.20 bits per heavy atom. The van der Waals surface area contributed by atoms with Gasteiger partial charge in [-0.25, -0.2) is 0 Å². The predicted molar refractivity (Wildman–Crippen MR) is 167 cm³/mol. The van der Waals surface area contributed by atoms with Crippen molar-refractivity contribution in [2.75, 3.05) is 4.90 Å². The summed E-state index contributed by atoms with van der Waals surface area (Å²) in [6, 6.07) is 41.0. The lowest BCUT2D eigenvalue weighted by Gasteiger charge is -2.43. The van der Waals surface area contributed by atoms with Crippen LogP contribution in [-0.4, -0.2) is 5.78 Å². The Hall–Kier alpha value is -4.43. The van der Waals surface area contributed by atoms with Gasteiger partial charge in [0.05, 0.1) is 11.4 Å². The van der Waals surface area contributed by atoms with E-state index in [1.54, 1.807) is 0 Å². The molecule has 0 aromatic heterocycles. The fourth-order valence-corrected chi connectivity index (χ4v) is 7.81. The molecule has 0 saturated heterocycles. The lowest BCUT2D eigenvalue weighted by molar-refractivity contribution is 0.103. The second-order valence-corrected chi connectivity index (χ2v) is 12.5. The number of carbonyl (C=O) groups excluding carboxylic acids is 1. The Morgan fingerprint density at radius 3 is 1.85 bits per heavy atom. The topological polar surface area (TPSA) is 20.3 Å². The maximum absolute atomic E-state index is 13.2. The molecule has 2 bridgehead atoms. The fourth-order valence-electron chi connectivity index (χ4n) is 7.81. The van der Waals surface area contributed by atoms with Crippen molar-refractivity contribution in [3.8, 4) is 0 Å². The molecular weight excluding hydrogens is 498 g/mol. The molecule has 0 saturated carbocycles. The number of carbonyl (C=O) groups is 1. The van der Waals surface area contributed by atoms with Gasteiger partial charge in [-0.05, 0) is 94.8 Å². The van der Waals surface area contributed by atoms with Crippen LogP contribution in [-0.2, 0) is 18.3 Å². The van der Waals surface area contributed by atoms with Crippen LogP contribution in [0.15, 0.2) is 115 Å². The zero-order chi connectivity index (χ0) is 27.7. The number of benzene rings is 5. The highest BCUT2D eigenvalue weighted by Gasteiger charge is 2.38. The van der Waals surface area contributed by atoms with E-state index >= 15 is 0 Å². The van der Waals surface area contributed by atoms with Gasteiger partial charge in [0.25, 0.3) is 0 Å². The SMILES string of the molecule is CC1(C)c2ccccc2N(c2ccc3c(c2)C2Cc4ccc(C(=O)c5ccccc5)cc4C(C3)C2)c2ccccc21. The van der Waals surface area contributed by atoms with Gasteiger partial charge in [-0.1, -0.05) is 98.8 Å². The third-order valence-corrected chi connectivity index (χ3v) is 9.85. The molecule has 8 rings (SSSR count). The highest BCUT2D eigenvalue weighted by molar-refractivity contribution is 6.09. The van der Waals surface area contributed by atoms with E-state index in [0.717, 1.165) is 30.4 Å². The van der Waals surface area contributed by atoms with E-state index in [9.17, 15) is 4.79 Å². The summed E-state index contributed by atoms with van der Waals surface area (Å²) >= 11 is 0. The maximum Gasteiger partial charge on any atom is 0.193 e. The average Bonchev–Trinajstić information content (AvgIpc) is 3.01. The van der Waals surface area contributed by atoms with Gasteiger partial charge in [-0.2, -0.15) is 0 Å². The molecule has 2 nitrogen and oxygen atoms in total. The van der Waals surface area contributed by atoms with Crippen molar-refractivity contribution in [2.45, 2.75) is 50.4 Å². The van der Waals surface area contributed by atoms with Crippen molar-refractivity contribution in [2.24, 2.45) is 0 Å². The Bertz CT molecular complexity index is 1780. The molecule has 0 N–H and O–H groups in total. The maximum atomic E-state index is 13.2. The molecule has 5 aromatic rings. The molecule has 2 atom stereocenters. The van der Waals surface area contributed by atoms with Gasteiger partial charge in [0.2, 0.25) is 0 Å². The second-order valence-electron chi connectivity index (χ2n) is 12.5. The van der Waals surface area contributed by atoms with Crippen LogP contribution < -0.4 is 4.90 Å². The molecule has 1 heterocycles. The third kappa shape index (κ3) is 3.74. The summed E-state index contributed by atoms with van der Waals surface area (Å²) in [6.45, 7) is 4.68. The molecule has 0 fully saturated rings. The van der Waals surface area contributed by atoms with Gasteiger partial charge in [0, 0.05) is 22.2 Å². The van der Waals surface area contributed by atoms with Gasteiger partial charge >= 0.3 is 0 Å². The fraction of sp³-hybridized carbons (Fsp3) is 0.205. The summed E-state index contributed by atoms with van der Waals surface area (Å²) < 4.78 is 0. The van der Waals surface area contributed by atoms with Crippen molar-refractivity contribution in [1.29, 1.82) is 0 Å². The largest absolute Gasteiger partial charge is 0.310 e. The quantitative estimate of drug-likeness (QED) is 0.216. The van der Waals surface area contributed by atoms with Gasteiger partial charge < -0.3 is 4.90 Å². The molecule has 2 unspecified atom stereocenters. The molecule has 1 aliphatic heterocycles. The molecule has 2 heteroatoms. The highest BCUT2D eigenvalue weighted by atomic mass is 16.1. The van der Waals surface area contributed by atoms with Crippen LogP contribution in [0.1, 0.15) is 81.4 Å². The number of anilines is 3. The zero-order valence-corrected chi connectivity index (χ0v) is 23.6. The molecular formula is C39H33NO. The molecule has 0 amide bonds. The van der Waals surface area contributed by atoms with E-state index in [-0.39, 0.29) is 11.2 Å². The molecule has 0 spiro atoms. The van der Waals surface area contributed by atoms with E-state index in [1.807, 2.05) is 36.4 Å². The minimum Gasteiger partial charge on any atom is -0.310 e. The van der Waals surface area contributed by atoms with Crippen LogP contribution >= 0.6 is 0 Å². The van der Waals surface area contributed by atoms with E-state index in [1.165, 1.54) is 50.4 Å². The van der Waals surface area contributed by atoms with Crippen molar-refractivity contribution in [1.82, 2.24) is 0 Å². The number of ketones is 1. The lowest BCUT2D eigenvalue weighted by atomic mass is 9.66. The number of hydrogen-bond acceptors (Lipinski definition) is 2. The molecule has 3 aliphatic rings. The summed E-state index contributed by atoms with van der Waals surface area (Å²) in [7, 11) is 0. The normalized spacial score (nSPS) is 19.4. The van der Waals surface area contributed by atoms with Crippen molar-refractivity contribution in [3.63, 3.8) is 0 Å². The van der Waals surface area contributed by atoms with Crippen LogP contribution in [0.4, 0.5) is 17.1 Å². The van der Waals surface area contributed by atoms with E-state index < -0.39 is 0 Å². The van der Waals surface area contributed by atoms with Crippen LogP contribution in [0, 0.1) is 0 Å². The summed E-state index contributed by atoms with van der Waals surface area (Å²) in [4.78, 5) is 15.7. The molecule has 0 radical (unpaired) electrons. The number of rotatable bonds is 3. The minimum absolute atomic E-state index is 0.0566. The third-order valence-electron chi connectivity index (χ3n) is 9.85. The van der Waals surface area contributed by atoms with Gasteiger partial charge in [-0.3, -0.25) is 4.79 Å². The monoisotopic (exact) mass is 531 g/mol. The van der Waals surface area contributed by atoms with Gasteiger partial charge in [0.15, 0.2) is 5.78 Å². The van der Waals surface area contributed by atoms with E-state index in [0.29, 0.717) is 11.8 Å². The first kappa shape index (κ1) is 24.4. The Morgan fingerprint density at radius 1 is 0.634 bits per heavy atom. The predicted octanol–water partition coefficient (Wildman–Crippen LogP) is 9.40. The Kier molecular flexibility index (Phi) is 5.37. The molecule has 5 aromatic carbocycles. The summed E-state index contributed by atoms with van der Waals surface area (Å²) in [5, 5.41) is 0. The van der Waals surface area contributed by atoms with E-state index in [2.05, 4.69) is 97.6 Å². The Labute approximate surface area is 242 Å². The van der Waals surface area contributed by atoms with Crippen LogP contribution in [0.25, 0.3) is 0 Å². The van der Waals surface area contributed by atoms with E-state index in [4.69, 9.17) is 0 Å².